The summed E-state index contributed by atoms with van der Waals surface area (Å²) in [7, 11) is 0. The number of hydrogen-bond donors (Lipinski definition) is 9. The smallest absolute Gasteiger partial charge is 0.187 e. The SMILES string of the molecule is Oc1ccccc1/C=N/NC(=S)NCCN(CCNC(=S)N/N=C/c1ccccc1O)CCNC(=S)N/N=C/c1ccccc1O. The molecule has 13 nitrogen and oxygen atoms in total. The predicted octanol–water partition coefficient (Wildman–Crippen LogP) is 1.90. The molecule has 16 heteroatoms. The van der Waals surface area contributed by atoms with Crippen LogP contribution in [-0.2, 0) is 0 Å². The van der Waals surface area contributed by atoms with E-state index < -0.39 is 0 Å². The first-order valence-corrected chi connectivity index (χ1v) is 15.3. The van der Waals surface area contributed by atoms with Crippen LogP contribution in [0.25, 0.3) is 0 Å². The topological polar surface area (TPSA) is 173 Å². The highest BCUT2D eigenvalue weighted by atomic mass is 32.1. The van der Waals surface area contributed by atoms with Crippen molar-refractivity contribution < 1.29 is 15.3 Å². The number of hydrazone groups is 3. The van der Waals surface area contributed by atoms with E-state index in [9.17, 15) is 15.3 Å². The zero-order valence-corrected chi connectivity index (χ0v) is 27.2. The van der Waals surface area contributed by atoms with Crippen LogP contribution in [0.4, 0.5) is 0 Å². The molecule has 0 aliphatic heterocycles. The highest BCUT2D eigenvalue weighted by molar-refractivity contribution is 7.80. The molecule has 46 heavy (non-hydrogen) atoms. The minimum Gasteiger partial charge on any atom is -0.507 e. The van der Waals surface area contributed by atoms with E-state index in [0.29, 0.717) is 71.3 Å². The normalized spacial score (nSPS) is 11.2. The van der Waals surface area contributed by atoms with E-state index in [1.165, 1.54) is 18.6 Å². The highest BCUT2D eigenvalue weighted by Gasteiger charge is 2.07. The first-order valence-electron chi connectivity index (χ1n) is 14.1. The van der Waals surface area contributed by atoms with Gasteiger partial charge in [0, 0.05) is 56.0 Å². The van der Waals surface area contributed by atoms with Gasteiger partial charge in [0.05, 0.1) is 18.6 Å². The van der Waals surface area contributed by atoms with Crippen molar-refractivity contribution in [2.75, 3.05) is 39.3 Å². The van der Waals surface area contributed by atoms with Gasteiger partial charge in [-0.1, -0.05) is 36.4 Å². The molecule has 0 amide bonds. The number of phenolic OH excluding ortho intramolecular Hbond substituents is 3. The third-order valence-electron chi connectivity index (χ3n) is 6.06. The second-order valence-corrected chi connectivity index (χ2v) is 10.6. The largest absolute Gasteiger partial charge is 0.507 e. The van der Waals surface area contributed by atoms with E-state index >= 15 is 0 Å². The fraction of sp³-hybridized carbons (Fsp3) is 0.200. The molecule has 9 N–H and O–H groups in total. The van der Waals surface area contributed by atoms with Crippen molar-refractivity contribution in [1.29, 1.82) is 0 Å². The molecule has 3 aromatic rings. The van der Waals surface area contributed by atoms with E-state index in [4.69, 9.17) is 36.7 Å². The second kappa shape index (κ2) is 20.2. The van der Waals surface area contributed by atoms with Crippen molar-refractivity contribution in [3.8, 4) is 17.2 Å². The number of rotatable bonds is 15. The lowest BCUT2D eigenvalue weighted by Gasteiger charge is -2.23. The van der Waals surface area contributed by atoms with Gasteiger partial charge in [0.1, 0.15) is 17.2 Å². The van der Waals surface area contributed by atoms with Crippen molar-refractivity contribution >= 4 is 70.6 Å². The van der Waals surface area contributed by atoms with Gasteiger partial charge in [-0.05, 0) is 73.1 Å². The molecule has 0 unspecified atom stereocenters. The van der Waals surface area contributed by atoms with Crippen molar-refractivity contribution in [1.82, 2.24) is 37.1 Å². The van der Waals surface area contributed by atoms with Crippen LogP contribution >= 0.6 is 36.7 Å². The molecular weight excluding hydrogens is 645 g/mol. The van der Waals surface area contributed by atoms with E-state index in [1.807, 2.05) is 0 Å². The number of nitrogens with one attached hydrogen (secondary N) is 6. The van der Waals surface area contributed by atoms with Gasteiger partial charge < -0.3 is 31.3 Å². The fourth-order valence-corrected chi connectivity index (χ4v) is 4.17. The molecule has 0 aliphatic rings. The molecule has 0 heterocycles. The molecule has 242 valence electrons. The standard InChI is InChI=1S/C30H36N10O3S3/c41-25-10-4-1-7-22(25)19-34-37-28(44)31-13-16-40(17-14-32-29(45)38-35-20-23-8-2-5-11-26(23)42)18-15-33-30(46)39-36-21-24-9-3-6-12-27(24)43/h1-12,19-21,41-43H,13-18H2,(H2,31,37,44)(H2,32,38,45)(H2,33,39,46)/b34-19+,35-20+,36-21+. The Balaban J connectivity index is 1.43. The molecule has 3 rings (SSSR count). The van der Waals surface area contributed by atoms with Crippen LogP contribution in [0, 0.1) is 0 Å². The molecule has 0 radical (unpaired) electrons. The molecule has 0 saturated heterocycles. The Bertz CT molecular complexity index is 1360. The molecule has 3 aromatic carbocycles. The first kappa shape index (κ1) is 35.6. The molecule has 0 atom stereocenters. The predicted molar refractivity (Wildman–Crippen MR) is 195 cm³/mol. The maximum atomic E-state index is 9.85. The maximum Gasteiger partial charge on any atom is 0.187 e. The van der Waals surface area contributed by atoms with E-state index in [0.717, 1.165) is 0 Å². The van der Waals surface area contributed by atoms with Gasteiger partial charge in [-0.15, -0.1) is 0 Å². The lowest BCUT2D eigenvalue weighted by Crippen LogP contribution is -2.45. The third-order valence-corrected chi connectivity index (χ3v) is 6.77. The Morgan fingerprint density at radius 2 is 0.804 bits per heavy atom. The van der Waals surface area contributed by atoms with Crippen LogP contribution in [0.3, 0.4) is 0 Å². The number of hydrogen-bond acceptors (Lipinski definition) is 10. The molecule has 0 aliphatic carbocycles. The Morgan fingerprint density at radius 1 is 0.522 bits per heavy atom. The van der Waals surface area contributed by atoms with Gasteiger partial charge in [-0.2, -0.15) is 15.3 Å². The summed E-state index contributed by atoms with van der Waals surface area (Å²) in [6.45, 7) is 3.47. The summed E-state index contributed by atoms with van der Waals surface area (Å²) in [5.74, 6) is 0.372. The molecule has 0 spiro atoms. The van der Waals surface area contributed by atoms with Gasteiger partial charge >= 0.3 is 0 Å². The Morgan fingerprint density at radius 3 is 1.09 bits per heavy atom. The number of para-hydroxylation sites is 3. The lowest BCUT2D eigenvalue weighted by atomic mass is 10.2. The summed E-state index contributed by atoms with van der Waals surface area (Å²) in [5.41, 5.74) is 9.93. The maximum absolute atomic E-state index is 9.85. The number of phenols is 3. The van der Waals surface area contributed by atoms with Crippen molar-refractivity contribution in [2.24, 2.45) is 15.3 Å². The zero-order valence-electron chi connectivity index (χ0n) is 24.8. The summed E-state index contributed by atoms with van der Waals surface area (Å²) in [4.78, 5) is 2.17. The number of aromatic hydroxyl groups is 3. The minimum atomic E-state index is 0.124. The molecule has 0 fully saturated rings. The summed E-state index contributed by atoms with van der Waals surface area (Å²) >= 11 is 15.9. The number of benzene rings is 3. The van der Waals surface area contributed by atoms with Gasteiger partial charge in [-0.25, -0.2) is 0 Å². The van der Waals surface area contributed by atoms with Crippen LogP contribution in [0.1, 0.15) is 16.7 Å². The highest BCUT2D eigenvalue weighted by Crippen LogP contribution is 2.14. The summed E-state index contributed by atoms with van der Waals surface area (Å²) in [6, 6.07) is 20.5. The Labute approximate surface area is 283 Å². The van der Waals surface area contributed by atoms with Crippen molar-refractivity contribution in [3.63, 3.8) is 0 Å². The van der Waals surface area contributed by atoms with Crippen LogP contribution < -0.4 is 32.2 Å². The number of thiocarbonyl (C=S) groups is 3. The van der Waals surface area contributed by atoms with Crippen LogP contribution in [0.5, 0.6) is 17.2 Å². The van der Waals surface area contributed by atoms with E-state index in [1.54, 1.807) is 72.8 Å². The van der Waals surface area contributed by atoms with Gasteiger partial charge in [0.15, 0.2) is 15.3 Å². The van der Waals surface area contributed by atoms with Gasteiger partial charge in [-0.3, -0.25) is 21.2 Å². The number of nitrogens with zero attached hydrogens (tertiary/aromatic N) is 4. The third kappa shape index (κ3) is 13.8. The molecular formula is C30H36N10O3S3. The Hall–Kier alpha value is -4.90. The van der Waals surface area contributed by atoms with Crippen LogP contribution in [0.15, 0.2) is 88.1 Å². The van der Waals surface area contributed by atoms with Crippen LogP contribution in [0.2, 0.25) is 0 Å². The quantitative estimate of drug-likeness (QED) is 0.0648. The van der Waals surface area contributed by atoms with E-state index in [-0.39, 0.29) is 17.2 Å². The molecule has 0 aromatic heterocycles. The lowest BCUT2D eigenvalue weighted by molar-refractivity contribution is 0.286. The van der Waals surface area contributed by atoms with Gasteiger partial charge in [0.2, 0.25) is 0 Å². The second-order valence-electron chi connectivity index (χ2n) is 9.40. The van der Waals surface area contributed by atoms with Crippen molar-refractivity contribution in [2.45, 2.75) is 0 Å². The average molecular weight is 681 g/mol. The first-order chi connectivity index (χ1) is 22.3. The van der Waals surface area contributed by atoms with Crippen molar-refractivity contribution in [3.05, 3.63) is 89.5 Å². The van der Waals surface area contributed by atoms with E-state index in [2.05, 4.69) is 52.4 Å². The summed E-state index contributed by atoms with van der Waals surface area (Å²) in [6.07, 6.45) is 4.46. The Kier molecular flexibility index (Phi) is 15.6. The molecule has 0 bridgehead atoms. The summed E-state index contributed by atoms with van der Waals surface area (Å²) in [5, 5.41) is 52.1. The minimum absolute atomic E-state index is 0.124. The fourth-order valence-electron chi connectivity index (χ4n) is 3.71. The zero-order chi connectivity index (χ0) is 33.0. The monoisotopic (exact) mass is 680 g/mol. The van der Waals surface area contributed by atoms with Gasteiger partial charge in [0.25, 0.3) is 0 Å². The average Bonchev–Trinajstić information content (AvgIpc) is 3.03. The van der Waals surface area contributed by atoms with Crippen LogP contribution in [-0.4, -0.2) is 93.5 Å². The summed E-state index contributed by atoms with van der Waals surface area (Å²) < 4.78 is 0. The molecule has 0 saturated carbocycles.